The predicted octanol–water partition coefficient (Wildman–Crippen LogP) is 7.81. The van der Waals surface area contributed by atoms with Crippen LogP contribution < -0.4 is 19.1 Å². The number of benzene rings is 4. The van der Waals surface area contributed by atoms with Gasteiger partial charge in [-0.15, -0.1) is 0 Å². The van der Waals surface area contributed by atoms with Gasteiger partial charge in [-0.2, -0.15) is 5.26 Å². The number of para-hydroxylation sites is 1. The number of nitrogens with zero attached hydrogens (tertiary/aromatic N) is 7. The first kappa shape index (κ1) is 47.9. The lowest BCUT2D eigenvalue weighted by atomic mass is 9.80. The third-order valence-corrected chi connectivity index (χ3v) is 13.4. The van der Waals surface area contributed by atoms with Gasteiger partial charge >= 0.3 is 0 Å². The molecular formula is C49H56N7O9P. The highest BCUT2D eigenvalue weighted by molar-refractivity contribution is 7.44. The SMILES string of the molecule is COc1ccc(C(OC[C@H]2O[C@@H](n3cnc4c(N(C)C(=O)COc5ccccc5)ncnc43)[C@@H](O)C2OP(OCCC#N)N(C(C)C)C(C)C)(c2ccccc2)c2ccc(OC)cc2)cc1. The van der Waals surface area contributed by atoms with Crippen molar-refractivity contribution in [3.05, 3.63) is 139 Å². The number of amides is 1. The summed E-state index contributed by atoms with van der Waals surface area (Å²) in [6.07, 6.45) is -1.42. The molecule has 0 aliphatic carbocycles. The fourth-order valence-electron chi connectivity index (χ4n) is 8.04. The van der Waals surface area contributed by atoms with E-state index in [9.17, 15) is 15.2 Å². The molecular weight excluding hydrogens is 862 g/mol. The highest BCUT2D eigenvalue weighted by atomic mass is 31.2. The van der Waals surface area contributed by atoms with Gasteiger partial charge in [0.25, 0.3) is 14.4 Å². The molecule has 1 aliphatic heterocycles. The van der Waals surface area contributed by atoms with Crippen molar-refractivity contribution >= 4 is 31.4 Å². The summed E-state index contributed by atoms with van der Waals surface area (Å²) in [4.78, 5) is 28.4. The Kier molecular flexibility index (Phi) is 16.0. The molecule has 7 rings (SSSR count). The smallest absolute Gasteiger partial charge is 0.265 e. The predicted molar refractivity (Wildman–Crippen MR) is 249 cm³/mol. The van der Waals surface area contributed by atoms with E-state index in [1.807, 2.05) is 125 Å². The molecule has 2 unspecified atom stereocenters. The second-order valence-electron chi connectivity index (χ2n) is 16.1. The van der Waals surface area contributed by atoms with Crippen molar-refractivity contribution in [3.8, 4) is 23.3 Å². The van der Waals surface area contributed by atoms with Crippen LogP contribution in [0.25, 0.3) is 11.2 Å². The van der Waals surface area contributed by atoms with Gasteiger partial charge in [0.15, 0.2) is 29.8 Å². The third-order valence-electron chi connectivity index (χ3n) is 11.2. The van der Waals surface area contributed by atoms with Crippen LogP contribution >= 0.6 is 8.53 Å². The van der Waals surface area contributed by atoms with Crippen LogP contribution in [0.3, 0.4) is 0 Å². The van der Waals surface area contributed by atoms with Crippen LogP contribution in [-0.2, 0) is 28.9 Å². The van der Waals surface area contributed by atoms with Crippen molar-refractivity contribution in [2.24, 2.45) is 0 Å². The van der Waals surface area contributed by atoms with Crippen molar-refractivity contribution in [2.45, 2.75) is 76.3 Å². The summed E-state index contributed by atoms with van der Waals surface area (Å²) in [6, 6.07) is 36.4. The summed E-state index contributed by atoms with van der Waals surface area (Å²) < 4.78 is 48.1. The molecule has 0 bridgehead atoms. The largest absolute Gasteiger partial charge is 0.497 e. The molecule has 66 heavy (non-hydrogen) atoms. The number of hydrogen-bond donors (Lipinski definition) is 1. The van der Waals surface area contributed by atoms with E-state index in [-0.39, 0.29) is 50.1 Å². The first-order chi connectivity index (χ1) is 32.0. The molecule has 0 saturated carbocycles. The second kappa shape index (κ2) is 22.0. The summed E-state index contributed by atoms with van der Waals surface area (Å²) in [5, 5.41) is 22.0. The number of nitriles is 1. The van der Waals surface area contributed by atoms with Crippen LogP contribution in [-0.4, -0.2) is 107 Å². The monoisotopic (exact) mass is 917 g/mol. The van der Waals surface area contributed by atoms with Gasteiger partial charge in [0.05, 0.1) is 46.3 Å². The Morgan fingerprint density at radius 3 is 2.02 bits per heavy atom. The molecule has 1 N–H and O–H groups in total. The number of aliphatic hydroxyl groups is 1. The molecule has 6 aromatic rings. The van der Waals surface area contributed by atoms with Gasteiger partial charge in [0.1, 0.15) is 47.5 Å². The van der Waals surface area contributed by atoms with Crippen LogP contribution in [0.15, 0.2) is 122 Å². The average Bonchev–Trinajstić information content (AvgIpc) is 3.91. The topological polar surface area (TPSA) is 176 Å². The van der Waals surface area contributed by atoms with Gasteiger partial charge in [-0.05, 0) is 80.8 Å². The van der Waals surface area contributed by atoms with E-state index in [4.69, 9.17) is 32.7 Å². The van der Waals surface area contributed by atoms with Gasteiger partial charge < -0.3 is 37.8 Å². The molecule has 17 heteroatoms. The maximum Gasteiger partial charge on any atom is 0.265 e. The molecule has 1 fully saturated rings. The van der Waals surface area contributed by atoms with E-state index in [1.165, 1.54) is 17.6 Å². The number of aromatic nitrogens is 4. The molecule has 3 heterocycles. The normalized spacial score (nSPS) is 17.8. The van der Waals surface area contributed by atoms with Crippen molar-refractivity contribution in [2.75, 3.05) is 46.0 Å². The minimum atomic E-state index is -1.86. The number of aliphatic hydroxyl groups excluding tert-OH is 1. The molecule has 346 valence electrons. The summed E-state index contributed by atoms with van der Waals surface area (Å²) in [5.41, 5.74) is 1.82. The Balaban J connectivity index is 1.29. The Hall–Kier alpha value is -6.02. The van der Waals surface area contributed by atoms with E-state index in [1.54, 1.807) is 38.0 Å². The summed E-state index contributed by atoms with van der Waals surface area (Å²) >= 11 is 0. The summed E-state index contributed by atoms with van der Waals surface area (Å²) in [5.74, 6) is 1.78. The van der Waals surface area contributed by atoms with E-state index in [2.05, 4.69) is 25.7 Å². The van der Waals surface area contributed by atoms with Crippen LogP contribution in [0.5, 0.6) is 17.2 Å². The highest BCUT2D eigenvalue weighted by Crippen LogP contribution is 2.51. The first-order valence-electron chi connectivity index (χ1n) is 21.7. The van der Waals surface area contributed by atoms with Gasteiger partial charge in [-0.1, -0.05) is 72.8 Å². The van der Waals surface area contributed by atoms with Crippen molar-refractivity contribution in [3.63, 3.8) is 0 Å². The van der Waals surface area contributed by atoms with E-state index < -0.39 is 38.7 Å². The van der Waals surface area contributed by atoms with Crippen molar-refractivity contribution < 1.29 is 42.6 Å². The molecule has 1 saturated heterocycles. The number of fused-ring (bicyclic) bond motifs is 1. The molecule has 4 aromatic carbocycles. The van der Waals surface area contributed by atoms with E-state index >= 15 is 0 Å². The second-order valence-corrected chi connectivity index (χ2v) is 17.5. The molecule has 1 aliphatic rings. The molecule has 16 nitrogen and oxygen atoms in total. The van der Waals surface area contributed by atoms with E-state index in [0.717, 1.165) is 16.7 Å². The molecule has 5 atom stereocenters. The van der Waals surface area contributed by atoms with Gasteiger partial charge in [0.2, 0.25) is 0 Å². The maximum absolute atomic E-state index is 13.4. The number of rotatable bonds is 21. The number of hydrogen-bond acceptors (Lipinski definition) is 14. The average molecular weight is 918 g/mol. The molecule has 2 aromatic heterocycles. The zero-order valence-electron chi connectivity index (χ0n) is 38.1. The number of carbonyl (C=O) groups excluding carboxylic acids is 1. The van der Waals surface area contributed by atoms with Crippen LogP contribution in [0, 0.1) is 11.3 Å². The molecule has 1 amide bonds. The highest BCUT2D eigenvalue weighted by Gasteiger charge is 2.50. The quantitative estimate of drug-likeness (QED) is 0.0420. The Labute approximate surface area is 386 Å². The van der Waals surface area contributed by atoms with Crippen LogP contribution in [0.1, 0.15) is 57.0 Å². The molecule has 0 spiro atoms. The number of methoxy groups -OCH3 is 2. The van der Waals surface area contributed by atoms with Crippen LogP contribution in [0.4, 0.5) is 5.82 Å². The van der Waals surface area contributed by atoms with Gasteiger partial charge in [0, 0.05) is 19.1 Å². The zero-order valence-corrected chi connectivity index (χ0v) is 39.0. The minimum absolute atomic E-state index is 0.0236. The Morgan fingerprint density at radius 1 is 0.848 bits per heavy atom. The number of likely N-dealkylation sites (N-methyl/N-ethyl adjacent to an activating group) is 1. The lowest BCUT2D eigenvalue weighted by Gasteiger charge is -2.39. The Morgan fingerprint density at radius 2 is 1.44 bits per heavy atom. The molecule has 0 radical (unpaired) electrons. The standard InChI is InChI=1S/C49H56N7O9P/c1-33(2)56(34(3)4)66(63-28-14-27-50)65-45-41(29-62-49(35-15-10-8-11-16-35,36-19-23-38(59-6)24-20-36)37-21-25-39(60-7)26-22-37)64-48(44(45)58)55-32-53-43-46(51-31-52-47(43)55)54(5)42(57)30-61-40-17-12-9-13-18-40/h8-13,15-26,31-34,41,44-45,48,58H,14,28-30H2,1-7H3/t41-,44+,45?,48-,66?/m1/s1. The van der Waals surface area contributed by atoms with Crippen LogP contribution in [0.2, 0.25) is 0 Å². The van der Waals surface area contributed by atoms with Crippen molar-refractivity contribution in [1.82, 2.24) is 24.2 Å². The number of carbonyl (C=O) groups is 1. The van der Waals surface area contributed by atoms with E-state index in [0.29, 0.717) is 28.4 Å². The summed E-state index contributed by atoms with van der Waals surface area (Å²) in [6.45, 7) is 7.95. The minimum Gasteiger partial charge on any atom is -0.497 e. The Bertz CT molecular complexity index is 2470. The number of anilines is 1. The van der Waals surface area contributed by atoms with Gasteiger partial charge in [-0.25, -0.2) is 19.6 Å². The van der Waals surface area contributed by atoms with Gasteiger partial charge in [-0.3, -0.25) is 14.3 Å². The maximum atomic E-state index is 13.4. The number of ether oxygens (including phenoxy) is 5. The lowest BCUT2D eigenvalue weighted by Crippen LogP contribution is -2.42. The fraction of sp³-hybridized carbons (Fsp3) is 0.367. The number of imidazole rings is 1. The summed E-state index contributed by atoms with van der Waals surface area (Å²) in [7, 11) is 2.96. The first-order valence-corrected chi connectivity index (χ1v) is 22.8. The third kappa shape index (κ3) is 10.3. The fourth-order valence-corrected chi connectivity index (χ4v) is 9.82. The lowest BCUT2D eigenvalue weighted by molar-refractivity contribution is -0.120. The zero-order chi connectivity index (χ0) is 46.8. The van der Waals surface area contributed by atoms with Crippen molar-refractivity contribution in [1.29, 1.82) is 5.26 Å².